The van der Waals surface area contributed by atoms with E-state index in [1.807, 2.05) is 91.0 Å². The molecule has 0 amide bonds. The molecule has 0 aliphatic carbocycles. The summed E-state index contributed by atoms with van der Waals surface area (Å²) in [6.45, 7) is 0. The van der Waals surface area contributed by atoms with E-state index in [4.69, 9.17) is 15.4 Å². The summed E-state index contributed by atoms with van der Waals surface area (Å²) in [6, 6.07) is 32.0. The van der Waals surface area contributed by atoms with Crippen molar-refractivity contribution < 1.29 is 19.5 Å². The molecule has 0 spiro atoms. The van der Waals surface area contributed by atoms with Gasteiger partial charge in [0, 0.05) is 10.8 Å². The van der Waals surface area contributed by atoms with E-state index in [9.17, 15) is 4.11 Å². The van der Waals surface area contributed by atoms with Crippen LogP contribution in [-0.2, 0) is 0 Å². The minimum Gasteiger partial charge on any atom is -0.456 e. The highest BCUT2D eigenvalue weighted by Crippen LogP contribution is 2.48. The van der Waals surface area contributed by atoms with E-state index in [2.05, 4.69) is 0 Å². The van der Waals surface area contributed by atoms with E-state index in [-0.39, 0.29) is 80.9 Å². The first-order valence-corrected chi connectivity index (χ1v) is 16.0. The van der Waals surface area contributed by atoms with Gasteiger partial charge in [0.25, 0.3) is 0 Å². The molecule has 0 unspecified atom stereocenters. The van der Waals surface area contributed by atoms with Crippen LogP contribution in [0.4, 0.5) is 0 Å². The van der Waals surface area contributed by atoms with Crippen molar-refractivity contribution in [3.05, 3.63) is 182 Å². The molecule has 0 fully saturated rings. The first kappa shape index (κ1) is 18.8. The molecule has 10 rings (SSSR count). The molecule has 10 aromatic rings. The van der Waals surface area contributed by atoms with Gasteiger partial charge in [-0.15, -0.1) is 0 Å². The highest BCUT2D eigenvalue weighted by atomic mass is 16.3. The molecule has 1 heteroatoms. The van der Waals surface area contributed by atoms with Crippen molar-refractivity contribution in [2.24, 2.45) is 0 Å². The van der Waals surface area contributed by atoms with Crippen molar-refractivity contribution in [3.8, 4) is 44.5 Å². The topological polar surface area (TPSA) is 13.1 Å². The van der Waals surface area contributed by atoms with Gasteiger partial charge in [0.1, 0.15) is 11.2 Å². The average Bonchev–Trinajstić information content (AvgIpc) is 3.67. The lowest BCUT2D eigenvalue weighted by atomic mass is 9.83. The number of benzene rings is 9. The summed E-state index contributed by atoms with van der Waals surface area (Å²) in [5.41, 5.74) is 3.53. The second kappa shape index (κ2) is 11.1. The van der Waals surface area contributed by atoms with Crippen molar-refractivity contribution in [1.29, 1.82) is 0 Å². The van der Waals surface area contributed by atoms with Crippen LogP contribution in [0.5, 0.6) is 0 Å². The highest BCUT2D eigenvalue weighted by Gasteiger charge is 2.21. The van der Waals surface area contributed by atoms with Crippen LogP contribution in [0.3, 0.4) is 0 Å². The Morgan fingerprint density at radius 3 is 1.73 bits per heavy atom. The minimum absolute atomic E-state index is 0.00855. The molecule has 9 aromatic carbocycles. The molecule has 0 saturated carbocycles. The average molecular weight is 634 g/mol. The molecule has 0 atom stereocenters. The Kier molecular flexibility index (Phi) is 4.25. The molecule has 1 aromatic heterocycles. The Morgan fingerprint density at radius 1 is 0.388 bits per heavy atom. The van der Waals surface area contributed by atoms with Crippen LogP contribution in [0.1, 0.15) is 15.1 Å². The van der Waals surface area contributed by atoms with Crippen LogP contribution in [0, 0.1) is 0 Å². The fourth-order valence-corrected chi connectivity index (χ4v) is 7.13. The predicted octanol–water partition coefficient (Wildman–Crippen LogP) is 13.7. The lowest BCUT2D eigenvalue weighted by molar-refractivity contribution is 0.669. The van der Waals surface area contributed by atoms with Gasteiger partial charge in [0.2, 0.25) is 0 Å². The molecule has 1 heterocycles. The number of furan rings is 1. The molecule has 0 bridgehead atoms. The molecule has 0 N–H and O–H groups in total. The first-order valence-electron chi connectivity index (χ1n) is 21.5. The Balaban J connectivity index is 1.36. The number of rotatable bonds is 4. The molecular weight excluding hydrogens is 593 g/mol. The second-order valence-corrected chi connectivity index (χ2v) is 12.0. The van der Waals surface area contributed by atoms with Crippen molar-refractivity contribution in [1.82, 2.24) is 0 Å². The lowest BCUT2D eigenvalue weighted by Gasteiger charge is -2.20. The van der Waals surface area contributed by atoms with Crippen LogP contribution < -0.4 is 0 Å². The van der Waals surface area contributed by atoms with Crippen LogP contribution in [-0.4, -0.2) is 0 Å². The highest BCUT2D eigenvalue weighted by molar-refractivity contribution is 6.27. The lowest BCUT2D eigenvalue weighted by Crippen LogP contribution is -1.93. The summed E-state index contributed by atoms with van der Waals surface area (Å²) >= 11 is 0. The van der Waals surface area contributed by atoms with Gasteiger partial charge in [-0.05, 0) is 107 Å². The summed E-state index contributed by atoms with van der Waals surface area (Å²) in [7, 11) is 0. The van der Waals surface area contributed by atoms with E-state index in [0.717, 1.165) is 32.7 Å². The van der Waals surface area contributed by atoms with Gasteiger partial charge in [-0.1, -0.05) is 151 Å². The molecule has 1 nitrogen and oxygen atoms in total. The van der Waals surface area contributed by atoms with Gasteiger partial charge in [0.15, 0.2) is 0 Å². The molecule has 49 heavy (non-hydrogen) atoms. The van der Waals surface area contributed by atoms with E-state index >= 15 is 0 Å². The van der Waals surface area contributed by atoms with Crippen LogP contribution >= 0.6 is 0 Å². The molecule has 0 saturated heterocycles. The first-order chi connectivity index (χ1) is 28.9. The number of hydrogen-bond donors (Lipinski definition) is 0. The van der Waals surface area contributed by atoms with Gasteiger partial charge in [-0.25, -0.2) is 0 Å². The zero-order chi connectivity index (χ0) is 41.9. The fraction of sp³-hybridized carbons (Fsp3) is 0. The van der Waals surface area contributed by atoms with Crippen LogP contribution in [0.15, 0.2) is 186 Å². The van der Waals surface area contributed by atoms with Gasteiger partial charge in [-0.2, -0.15) is 0 Å². The summed E-state index contributed by atoms with van der Waals surface area (Å²) in [4.78, 5) is 0. The number of fused-ring (bicyclic) bond motifs is 6. The SMILES string of the molecule is [2H]c1c([2H])c([2H])c(-c2cc(-c3c4ccccc4c(-c4c([2H])c([2H])c([2H])c5oc6c([2H])c(-c7ccccc7)c([2H])c([2H])c6c45)c4ccccc34)c3ccccc3c2)c([2H])c1[2H]. The smallest absolute Gasteiger partial charge is 0.136 e. The Labute approximate surface area is 299 Å². The zero-order valence-electron chi connectivity index (χ0n) is 36.9. The molecule has 0 aliphatic heterocycles. The fourth-order valence-electron chi connectivity index (χ4n) is 7.13. The van der Waals surface area contributed by atoms with Crippen molar-refractivity contribution >= 4 is 54.3 Å². The quantitative estimate of drug-likeness (QED) is 0.176. The van der Waals surface area contributed by atoms with Crippen molar-refractivity contribution in [2.75, 3.05) is 0 Å². The predicted molar refractivity (Wildman–Crippen MR) is 208 cm³/mol. The molecule has 228 valence electrons. The monoisotopic (exact) mass is 633 g/mol. The molecule has 0 radical (unpaired) electrons. The number of hydrogen-bond acceptors (Lipinski definition) is 1. The van der Waals surface area contributed by atoms with Crippen LogP contribution in [0.2, 0.25) is 0 Å². The summed E-state index contributed by atoms with van der Waals surface area (Å²) < 4.78 is 104. The summed E-state index contributed by atoms with van der Waals surface area (Å²) in [5, 5.41) is 4.81. The standard InChI is InChI=1S/C48H30O/c1-3-14-31(15-4-1)33-26-27-41-45(30-33)49-44-25-13-24-42(48(41)44)46-37-20-9-11-22-39(37)47(40-23-12-10-21-38(40)46)43-29-35(32-16-5-2-6-17-32)28-34-18-7-8-19-36(34)43/h1-30H/i2D,5D,6D,13D,16D,17D,24D,25D,26D,27D,30D. The largest absolute Gasteiger partial charge is 0.456 e. The molecule has 0 aliphatic rings. The maximum atomic E-state index is 9.53. The maximum absolute atomic E-state index is 9.53. The third-order valence-corrected chi connectivity index (χ3v) is 9.24. The maximum Gasteiger partial charge on any atom is 0.136 e. The van der Waals surface area contributed by atoms with E-state index in [0.29, 0.717) is 27.5 Å². The second-order valence-electron chi connectivity index (χ2n) is 12.0. The van der Waals surface area contributed by atoms with E-state index in [1.54, 1.807) is 24.3 Å². The van der Waals surface area contributed by atoms with E-state index in [1.165, 1.54) is 0 Å². The van der Waals surface area contributed by atoms with Crippen molar-refractivity contribution in [3.63, 3.8) is 0 Å². The van der Waals surface area contributed by atoms with Gasteiger partial charge < -0.3 is 4.42 Å². The van der Waals surface area contributed by atoms with Crippen molar-refractivity contribution in [2.45, 2.75) is 0 Å². The summed E-state index contributed by atoms with van der Waals surface area (Å²) in [5.74, 6) is 0. The van der Waals surface area contributed by atoms with Gasteiger partial charge >= 0.3 is 0 Å². The molecular formula is C48H30O. The normalized spacial score (nSPS) is 14.8. The Bertz CT molecular complexity index is 3420. The van der Waals surface area contributed by atoms with E-state index < -0.39 is 24.2 Å². The third kappa shape index (κ3) is 4.40. The van der Waals surface area contributed by atoms with Gasteiger partial charge in [0.05, 0.1) is 15.1 Å². The van der Waals surface area contributed by atoms with Crippen LogP contribution in [0.25, 0.3) is 98.8 Å². The zero-order valence-corrected chi connectivity index (χ0v) is 25.9. The van der Waals surface area contributed by atoms with Gasteiger partial charge in [-0.3, -0.25) is 0 Å². The third-order valence-electron chi connectivity index (χ3n) is 9.24. The minimum atomic E-state index is -0.475. The Hall–Kier alpha value is -6.44. The summed E-state index contributed by atoms with van der Waals surface area (Å²) in [6.07, 6.45) is 0. The Morgan fingerprint density at radius 2 is 1.02 bits per heavy atom.